The molecule has 1 saturated heterocycles. The van der Waals surface area contributed by atoms with E-state index in [1.54, 1.807) is 18.6 Å². The van der Waals surface area contributed by atoms with Gasteiger partial charge in [-0.15, -0.1) is 0 Å². The number of nitrogens with one attached hydrogen (secondary N) is 1. The van der Waals surface area contributed by atoms with Gasteiger partial charge in [-0.1, -0.05) is 6.07 Å². The predicted octanol–water partition coefficient (Wildman–Crippen LogP) is 1.29. The standard InChI is InChI=1S/C16H19N7S/c1-13(14-5-2-3-6-17-14)20-21-16(24)23-11-9-22(10-12-23)15-18-7-4-8-19-15/h2-8H,9-12H2,1H3,(H,21,24). The number of piperazine rings is 1. The van der Waals surface area contributed by atoms with Crippen LogP contribution in [-0.4, -0.2) is 56.9 Å². The highest BCUT2D eigenvalue weighted by atomic mass is 32.1. The summed E-state index contributed by atoms with van der Waals surface area (Å²) in [5, 5.41) is 4.95. The summed E-state index contributed by atoms with van der Waals surface area (Å²) >= 11 is 5.44. The molecule has 0 radical (unpaired) electrons. The van der Waals surface area contributed by atoms with Gasteiger partial charge in [0.25, 0.3) is 0 Å². The second-order valence-corrected chi connectivity index (χ2v) is 5.74. The average molecular weight is 341 g/mol. The van der Waals surface area contributed by atoms with Crippen molar-refractivity contribution >= 4 is 29.0 Å². The normalized spacial score (nSPS) is 15.3. The summed E-state index contributed by atoms with van der Waals surface area (Å²) in [7, 11) is 0. The summed E-state index contributed by atoms with van der Waals surface area (Å²) in [5.41, 5.74) is 4.59. The lowest BCUT2D eigenvalue weighted by Crippen LogP contribution is -2.51. The minimum absolute atomic E-state index is 0.624. The molecule has 0 bridgehead atoms. The van der Waals surface area contributed by atoms with Crippen LogP contribution in [0.15, 0.2) is 48.0 Å². The average Bonchev–Trinajstić information content (AvgIpc) is 2.67. The lowest BCUT2D eigenvalue weighted by molar-refractivity contribution is 0.378. The molecular formula is C16H19N7S. The Morgan fingerprint density at radius 1 is 1.04 bits per heavy atom. The fourth-order valence-corrected chi connectivity index (χ4v) is 2.63. The van der Waals surface area contributed by atoms with Crippen LogP contribution < -0.4 is 10.3 Å². The highest BCUT2D eigenvalue weighted by molar-refractivity contribution is 7.80. The van der Waals surface area contributed by atoms with Gasteiger partial charge in [0.15, 0.2) is 5.11 Å². The van der Waals surface area contributed by atoms with E-state index in [1.165, 1.54) is 0 Å². The van der Waals surface area contributed by atoms with Gasteiger partial charge in [-0.25, -0.2) is 9.97 Å². The minimum Gasteiger partial charge on any atom is -0.344 e. The molecule has 1 N–H and O–H groups in total. The molecule has 124 valence electrons. The van der Waals surface area contributed by atoms with Crippen LogP contribution in [0.5, 0.6) is 0 Å². The van der Waals surface area contributed by atoms with E-state index >= 15 is 0 Å². The molecule has 0 aliphatic carbocycles. The molecule has 0 aromatic carbocycles. The van der Waals surface area contributed by atoms with Crippen LogP contribution in [0.1, 0.15) is 12.6 Å². The number of rotatable bonds is 3. The van der Waals surface area contributed by atoms with Gasteiger partial charge >= 0.3 is 0 Å². The van der Waals surface area contributed by atoms with Crippen molar-refractivity contribution in [2.24, 2.45) is 5.10 Å². The number of hydrogen-bond donors (Lipinski definition) is 1. The first-order valence-corrected chi connectivity index (χ1v) is 8.17. The summed E-state index contributed by atoms with van der Waals surface area (Å²) in [4.78, 5) is 17.1. The fourth-order valence-electron chi connectivity index (χ4n) is 2.40. The molecule has 0 unspecified atom stereocenters. The van der Waals surface area contributed by atoms with Crippen LogP contribution >= 0.6 is 12.2 Å². The highest BCUT2D eigenvalue weighted by Gasteiger charge is 2.20. The van der Waals surface area contributed by atoms with Crippen molar-refractivity contribution < 1.29 is 0 Å². The molecular weight excluding hydrogens is 322 g/mol. The van der Waals surface area contributed by atoms with Crippen molar-refractivity contribution in [2.75, 3.05) is 31.1 Å². The Bertz CT molecular complexity index is 697. The third kappa shape index (κ3) is 4.02. The predicted molar refractivity (Wildman–Crippen MR) is 98.0 cm³/mol. The van der Waals surface area contributed by atoms with Crippen molar-refractivity contribution in [1.29, 1.82) is 0 Å². The van der Waals surface area contributed by atoms with Crippen LogP contribution in [-0.2, 0) is 0 Å². The molecule has 24 heavy (non-hydrogen) atoms. The summed E-state index contributed by atoms with van der Waals surface area (Å²) in [5.74, 6) is 0.764. The summed E-state index contributed by atoms with van der Waals surface area (Å²) in [6.07, 6.45) is 5.27. The van der Waals surface area contributed by atoms with Crippen LogP contribution in [0.4, 0.5) is 5.95 Å². The molecule has 2 aromatic heterocycles. The lowest BCUT2D eigenvalue weighted by atomic mass is 10.3. The molecule has 0 spiro atoms. The Hall–Kier alpha value is -2.61. The third-order valence-electron chi connectivity index (χ3n) is 3.76. The van der Waals surface area contributed by atoms with E-state index in [-0.39, 0.29) is 0 Å². The largest absolute Gasteiger partial charge is 0.344 e. The summed E-state index contributed by atoms with van der Waals surface area (Å²) < 4.78 is 0. The first-order chi connectivity index (χ1) is 11.7. The molecule has 3 rings (SSSR count). The van der Waals surface area contributed by atoms with E-state index < -0.39 is 0 Å². The number of nitrogens with zero attached hydrogens (tertiary/aromatic N) is 6. The number of anilines is 1. The van der Waals surface area contributed by atoms with Gasteiger partial charge in [0.2, 0.25) is 5.95 Å². The van der Waals surface area contributed by atoms with E-state index in [1.807, 2.05) is 31.2 Å². The van der Waals surface area contributed by atoms with Crippen molar-refractivity contribution in [3.8, 4) is 0 Å². The number of pyridine rings is 1. The maximum Gasteiger partial charge on any atom is 0.225 e. The van der Waals surface area contributed by atoms with Crippen LogP contribution in [0.2, 0.25) is 0 Å². The van der Waals surface area contributed by atoms with E-state index in [0.717, 1.165) is 43.5 Å². The van der Waals surface area contributed by atoms with Crippen molar-refractivity contribution in [3.05, 3.63) is 48.5 Å². The molecule has 1 aliphatic heterocycles. The smallest absolute Gasteiger partial charge is 0.225 e. The van der Waals surface area contributed by atoms with Gasteiger partial charge in [0.05, 0.1) is 11.4 Å². The Morgan fingerprint density at radius 3 is 2.42 bits per heavy atom. The van der Waals surface area contributed by atoms with Crippen molar-refractivity contribution in [1.82, 2.24) is 25.3 Å². The molecule has 1 aliphatic rings. The topological polar surface area (TPSA) is 69.5 Å². The Morgan fingerprint density at radius 2 is 1.75 bits per heavy atom. The second kappa shape index (κ2) is 7.78. The maximum atomic E-state index is 5.44. The first kappa shape index (κ1) is 16.3. The summed E-state index contributed by atoms with van der Waals surface area (Å²) in [6.45, 7) is 5.18. The van der Waals surface area contributed by atoms with E-state index in [9.17, 15) is 0 Å². The maximum absolute atomic E-state index is 5.44. The number of hydrogen-bond acceptors (Lipinski definition) is 6. The quantitative estimate of drug-likeness (QED) is 0.512. The fraction of sp³-hybridized carbons (Fsp3) is 0.312. The first-order valence-electron chi connectivity index (χ1n) is 7.76. The molecule has 0 atom stereocenters. The zero-order valence-corrected chi connectivity index (χ0v) is 14.3. The molecule has 1 fully saturated rings. The van der Waals surface area contributed by atoms with Gasteiger partial charge in [0, 0.05) is 44.8 Å². The molecule has 3 heterocycles. The second-order valence-electron chi connectivity index (χ2n) is 5.35. The molecule has 7 nitrogen and oxygen atoms in total. The Kier molecular flexibility index (Phi) is 5.27. The van der Waals surface area contributed by atoms with E-state index in [0.29, 0.717) is 5.11 Å². The Balaban J connectivity index is 1.52. The van der Waals surface area contributed by atoms with Gasteiger partial charge < -0.3 is 9.80 Å². The van der Waals surface area contributed by atoms with Gasteiger partial charge in [-0.3, -0.25) is 10.4 Å². The van der Waals surface area contributed by atoms with Gasteiger partial charge in [-0.05, 0) is 37.3 Å². The molecule has 2 aromatic rings. The minimum atomic E-state index is 0.624. The summed E-state index contributed by atoms with van der Waals surface area (Å²) in [6, 6.07) is 7.55. The monoisotopic (exact) mass is 341 g/mol. The molecule has 0 amide bonds. The molecule has 0 saturated carbocycles. The number of thiocarbonyl (C=S) groups is 1. The number of hydrazone groups is 1. The zero-order valence-electron chi connectivity index (χ0n) is 13.5. The van der Waals surface area contributed by atoms with Gasteiger partial charge in [0.1, 0.15) is 0 Å². The highest BCUT2D eigenvalue weighted by Crippen LogP contribution is 2.09. The third-order valence-corrected chi connectivity index (χ3v) is 4.11. The van der Waals surface area contributed by atoms with Crippen molar-refractivity contribution in [2.45, 2.75) is 6.92 Å². The van der Waals surface area contributed by atoms with E-state index in [2.05, 4.69) is 35.3 Å². The van der Waals surface area contributed by atoms with Crippen molar-refractivity contribution in [3.63, 3.8) is 0 Å². The van der Waals surface area contributed by atoms with E-state index in [4.69, 9.17) is 12.2 Å². The lowest BCUT2D eigenvalue weighted by Gasteiger charge is -2.35. The van der Waals surface area contributed by atoms with Crippen LogP contribution in [0, 0.1) is 0 Å². The SMILES string of the molecule is CC(=NNC(=S)N1CCN(c2ncccn2)CC1)c1ccccn1. The number of aromatic nitrogens is 3. The van der Waals surface area contributed by atoms with Crippen LogP contribution in [0.3, 0.4) is 0 Å². The van der Waals surface area contributed by atoms with Crippen LogP contribution in [0.25, 0.3) is 0 Å². The molecule has 8 heteroatoms. The van der Waals surface area contributed by atoms with Gasteiger partial charge in [-0.2, -0.15) is 5.10 Å². The zero-order chi connectivity index (χ0) is 16.8. The Labute approximate surface area is 146 Å².